The third kappa shape index (κ3) is 491. The van der Waals surface area contributed by atoms with Gasteiger partial charge in [0.25, 0.3) is 5.09 Å². The van der Waals surface area contributed by atoms with Crippen LogP contribution < -0.4 is 0 Å². The van der Waals surface area contributed by atoms with Crippen LogP contribution in [0, 0.1) is 10.1 Å². The minimum atomic E-state index is -1.50. The minimum absolute atomic E-state index is 0. The quantitative estimate of drug-likeness (QED) is 0.248. The van der Waals surface area contributed by atoms with Crippen molar-refractivity contribution in [2.24, 2.45) is 0 Å². The van der Waals surface area contributed by atoms with Gasteiger partial charge in [0, 0.05) is 16.5 Å². The van der Waals surface area contributed by atoms with Crippen LogP contribution in [0.5, 0.6) is 0 Å². The molecule has 0 atom stereocenters. The zero-order valence-electron chi connectivity index (χ0n) is 3.03. The van der Waals surface area contributed by atoms with Crippen LogP contribution in [0.3, 0.4) is 0 Å². The van der Waals surface area contributed by atoms with Gasteiger partial charge >= 0.3 is 0 Å². The van der Waals surface area contributed by atoms with Gasteiger partial charge < -0.3 is 16.2 Å². The van der Waals surface area contributed by atoms with E-state index in [1.807, 2.05) is 0 Å². The summed E-state index contributed by atoms with van der Waals surface area (Å²) in [6.07, 6.45) is 0. The Kier molecular flexibility index (Phi) is 76.2. The fourth-order valence-corrected chi connectivity index (χ4v) is 0. The van der Waals surface area contributed by atoms with Crippen molar-refractivity contribution in [2.75, 3.05) is 0 Å². The van der Waals surface area contributed by atoms with E-state index in [1.165, 1.54) is 0 Å². The van der Waals surface area contributed by atoms with E-state index >= 15 is 0 Å². The van der Waals surface area contributed by atoms with Gasteiger partial charge in [-0.2, -0.15) is 0 Å². The minimum Gasteiger partial charge on any atom is -0.412 e. The van der Waals surface area contributed by atoms with Crippen LogP contribution in [0.1, 0.15) is 0 Å². The first-order chi connectivity index (χ1) is 1.73. The molecule has 0 bridgehead atoms. The Balaban J connectivity index is -0.0000000150. The molecule has 0 spiro atoms. The summed E-state index contributed by atoms with van der Waals surface area (Å²) < 4.78 is 0. The van der Waals surface area contributed by atoms with Crippen molar-refractivity contribution in [3.63, 3.8) is 0 Å². The van der Waals surface area contributed by atoms with E-state index in [0.29, 0.717) is 0 Å². The topological polar surface area (TPSA) is 126 Å². The van der Waals surface area contributed by atoms with Crippen LogP contribution in [-0.4, -0.2) is 21.2 Å². The molecule has 7 heteroatoms. The second-order valence-corrected chi connectivity index (χ2v) is 0.238. The van der Waals surface area contributed by atoms with Gasteiger partial charge in [-0.15, -0.1) is 10.1 Å². The van der Waals surface area contributed by atoms with Crippen molar-refractivity contribution in [1.29, 1.82) is 0 Å². The molecule has 5 N–H and O–H groups in total. The molecule has 0 amide bonds. The van der Waals surface area contributed by atoms with Crippen molar-refractivity contribution in [3.05, 3.63) is 10.1 Å². The van der Waals surface area contributed by atoms with Gasteiger partial charge in [0.15, 0.2) is 0 Å². The average Bonchev–Trinajstić information content (AvgIpc) is 0.811. The third-order valence-corrected chi connectivity index (χ3v) is 0. The van der Waals surface area contributed by atoms with Crippen molar-refractivity contribution in [1.82, 2.24) is 0 Å². The summed E-state index contributed by atoms with van der Waals surface area (Å²) in [5.41, 5.74) is 0. The summed E-state index contributed by atoms with van der Waals surface area (Å²) in [6.45, 7) is 0. The van der Waals surface area contributed by atoms with Crippen molar-refractivity contribution < 1.29 is 37.7 Å². The largest absolute Gasteiger partial charge is 0.412 e. The summed E-state index contributed by atoms with van der Waals surface area (Å²) in [5, 5.41) is 13.6. The standard InChI is InChI=1S/HNO3.Ni.2H2O/c2-1(3)4;;;/h(H,2,3,4);;2*1H2. The van der Waals surface area contributed by atoms with E-state index < -0.39 is 5.09 Å². The zero-order valence-corrected chi connectivity index (χ0v) is 4.01. The van der Waals surface area contributed by atoms with Crippen LogP contribution in [0.15, 0.2) is 0 Å². The van der Waals surface area contributed by atoms with Gasteiger partial charge in [0.2, 0.25) is 0 Å². The average molecular weight is 158 g/mol. The molecular weight excluding hydrogens is 153 g/mol. The molecule has 0 aromatic rings. The Hall–Kier alpha value is -0.386. The van der Waals surface area contributed by atoms with Crippen LogP contribution in [-0.2, 0) is 16.5 Å². The third-order valence-electron chi connectivity index (χ3n) is 0. The molecule has 6 nitrogen and oxygen atoms in total. The first-order valence-electron chi connectivity index (χ1n) is 0.565. The van der Waals surface area contributed by atoms with Gasteiger partial charge in [-0.05, 0) is 0 Å². The molecule has 50 valence electrons. The molecule has 0 aliphatic heterocycles. The van der Waals surface area contributed by atoms with Gasteiger partial charge in [0.1, 0.15) is 0 Å². The second kappa shape index (κ2) is 17.5. The first-order valence-corrected chi connectivity index (χ1v) is 0.565. The molecule has 0 aromatic carbocycles. The molecule has 0 fully saturated rings. The van der Waals surface area contributed by atoms with E-state index in [2.05, 4.69) is 0 Å². The number of rotatable bonds is 0. The molecule has 0 heterocycles. The predicted octanol–water partition coefficient (Wildman–Crippen LogP) is -2.00. The van der Waals surface area contributed by atoms with E-state index in [0.717, 1.165) is 0 Å². The monoisotopic (exact) mass is 157 g/mol. The molecule has 0 saturated heterocycles. The van der Waals surface area contributed by atoms with Gasteiger partial charge in [-0.3, -0.25) is 0 Å². The Bertz CT molecular complexity index is 31.1. The molecule has 0 aromatic heterocycles. The normalized spacial score (nSPS) is 3.43. The second-order valence-electron chi connectivity index (χ2n) is 0.238. The van der Waals surface area contributed by atoms with Crippen LogP contribution in [0.2, 0.25) is 0 Å². The first kappa shape index (κ1) is 30.5. The van der Waals surface area contributed by atoms with Crippen LogP contribution in [0.4, 0.5) is 0 Å². The summed E-state index contributed by atoms with van der Waals surface area (Å²) in [6, 6.07) is 0. The smallest absolute Gasteiger partial charge is 0.291 e. The number of hydrogen-bond acceptors (Lipinski definition) is 2. The zero-order chi connectivity index (χ0) is 3.58. The molecule has 7 heavy (non-hydrogen) atoms. The maximum Gasteiger partial charge on any atom is 0.291 e. The summed E-state index contributed by atoms with van der Waals surface area (Å²) >= 11 is 0. The molecule has 0 unspecified atom stereocenters. The Morgan fingerprint density at radius 3 is 1.43 bits per heavy atom. The SMILES string of the molecule is O.O.O=[N+]([O-])O.[Ni]. The Morgan fingerprint density at radius 1 is 1.43 bits per heavy atom. The van der Waals surface area contributed by atoms with E-state index in [4.69, 9.17) is 15.3 Å². The Morgan fingerprint density at radius 2 is 1.43 bits per heavy atom. The van der Waals surface area contributed by atoms with E-state index in [9.17, 15) is 0 Å². The molecule has 0 aliphatic rings. The fraction of sp³-hybridized carbons (Fsp3) is 0. The molecule has 0 radical (unpaired) electrons. The van der Waals surface area contributed by atoms with Crippen molar-refractivity contribution in [2.45, 2.75) is 0 Å². The predicted molar refractivity (Wildman–Crippen MR) is 16.0 cm³/mol. The summed E-state index contributed by atoms with van der Waals surface area (Å²) in [4.78, 5) is 8.36. The Labute approximate surface area is 48.8 Å². The van der Waals surface area contributed by atoms with E-state index in [1.54, 1.807) is 0 Å². The molecule has 0 aliphatic carbocycles. The summed E-state index contributed by atoms with van der Waals surface area (Å²) in [5.74, 6) is 0. The van der Waals surface area contributed by atoms with Crippen molar-refractivity contribution >= 4 is 0 Å². The van der Waals surface area contributed by atoms with Gasteiger partial charge in [0.05, 0.1) is 0 Å². The summed E-state index contributed by atoms with van der Waals surface area (Å²) in [7, 11) is 0. The number of hydrogen-bond donors (Lipinski definition) is 1. The van der Waals surface area contributed by atoms with Gasteiger partial charge in [-0.1, -0.05) is 0 Å². The van der Waals surface area contributed by atoms with Crippen LogP contribution in [0.25, 0.3) is 0 Å². The van der Waals surface area contributed by atoms with Crippen molar-refractivity contribution in [3.8, 4) is 0 Å². The molecule has 0 saturated carbocycles. The molecular formula is H5NNiO5. The van der Waals surface area contributed by atoms with E-state index in [-0.39, 0.29) is 27.4 Å². The molecule has 0 rings (SSSR count). The number of nitrogens with zero attached hydrogens (tertiary/aromatic N) is 1. The van der Waals surface area contributed by atoms with Gasteiger partial charge in [-0.25, -0.2) is 0 Å². The fourth-order valence-electron chi connectivity index (χ4n) is 0. The maximum atomic E-state index is 8.36. The maximum absolute atomic E-state index is 8.36. The van der Waals surface area contributed by atoms with Crippen LogP contribution >= 0.6 is 0 Å².